The summed E-state index contributed by atoms with van der Waals surface area (Å²) < 4.78 is 5.48. The highest BCUT2D eigenvalue weighted by Gasteiger charge is 2.22. The van der Waals surface area contributed by atoms with Crippen molar-refractivity contribution in [3.05, 3.63) is 29.8 Å². The number of carbonyl (C=O) groups excluding carboxylic acids is 1. The largest absolute Gasteiger partial charge is 0.491 e. The van der Waals surface area contributed by atoms with E-state index in [-0.39, 0.29) is 12.5 Å². The zero-order valence-electron chi connectivity index (χ0n) is 12.0. The number of rotatable bonds is 5. The molecule has 1 aromatic carbocycles. The second-order valence-electron chi connectivity index (χ2n) is 5.15. The quantitative estimate of drug-likeness (QED) is 0.830. The van der Waals surface area contributed by atoms with E-state index in [4.69, 9.17) is 10.00 Å². The van der Waals surface area contributed by atoms with Gasteiger partial charge < -0.3 is 14.7 Å². The molecule has 6 heteroatoms. The summed E-state index contributed by atoms with van der Waals surface area (Å²) in [5.74, 6) is 0.684. The number of aliphatic hydroxyl groups excluding tert-OH is 1. The van der Waals surface area contributed by atoms with E-state index in [0.717, 1.165) is 6.54 Å². The normalized spacial score (nSPS) is 17.4. The summed E-state index contributed by atoms with van der Waals surface area (Å²) in [6, 6.07) is 8.77. The van der Waals surface area contributed by atoms with Crippen LogP contribution in [0.25, 0.3) is 0 Å². The SMILES string of the molecule is CN1CCN(CC(O)COc2ccc(C#N)cc2)CC1=O. The Hall–Kier alpha value is -2.10. The molecule has 0 radical (unpaired) electrons. The number of benzene rings is 1. The minimum absolute atomic E-state index is 0.0708. The minimum Gasteiger partial charge on any atom is -0.491 e. The average Bonchev–Trinajstić information content (AvgIpc) is 2.49. The fourth-order valence-electron chi connectivity index (χ4n) is 2.13. The van der Waals surface area contributed by atoms with Crippen molar-refractivity contribution in [1.82, 2.24) is 9.80 Å². The molecular weight excluding hydrogens is 270 g/mol. The fourth-order valence-corrected chi connectivity index (χ4v) is 2.13. The molecular formula is C15H19N3O3. The number of aliphatic hydroxyl groups is 1. The molecule has 21 heavy (non-hydrogen) atoms. The summed E-state index contributed by atoms with van der Waals surface area (Å²) >= 11 is 0. The van der Waals surface area contributed by atoms with Gasteiger partial charge in [0.1, 0.15) is 18.5 Å². The van der Waals surface area contributed by atoms with Gasteiger partial charge in [0.05, 0.1) is 18.2 Å². The third-order valence-corrected chi connectivity index (χ3v) is 3.43. The maximum Gasteiger partial charge on any atom is 0.236 e. The van der Waals surface area contributed by atoms with Crippen LogP contribution in [0, 0.1) is 11.3 Å². The number of likely N-dealkylation sites (N-methyl/N-ethyl adjacent to an activating group) is 1. The third kappa shape index (κ3) is 4.45. The highest BCUT2D eigenvalue weighted by Crippen LogP contribution is 2.12. The lowest BCUT2D eigenvalue weighted by Gasteiger charge is -2.32. The van der Waals surface area contributed by atoms with Crippen LogP contribution in [0.1, 0.15) is 5.56 Å². The van der Waals surface area contributed by atoms with E-state index in [0.29, 0.717) is 30.9 Å². The van der Waals surface area contributed by atoms with Crippen molar-refractivity contribution in [3.8, 4) is 11.8 Å². The van der Waals surface area contributed by atoms with E-state index in [9.17, 15) is 9.90 Å². The summed E-state index contributed by atoms with van der Waals surface area (Å²) in [4.78, 5) is 15.2. The number of nitriles is 1. The Morgan fingerprint density at radius 2 is 2.10 bits per heavy atom. The Kier molecular flexibility index (Phi) is 5.14. The predicted octanol–water partition coefficient (Wildman–Crippen LogP) is 0.0720. The Labute approximate surface area is 124 Å². The smallest absolute Gasteiger partial charge is 0.236 e. The molecule has 0 saturated carbocycles. The standard InChI is InChI=1S/C15H19N3O3/c1-17-6-7-18(10-15(17)20)9-13(19)11-21-14-4-2-12(8-16)3-5-14/h2-5,13,19H,6-7,9-11H2,1H3. The molecule has 0 aromatic heterocycles. The van der Waals surface area contributed by atoms with Crippen LogP contribution in [0.15, 0.2) is 24.3 Å². The van der Waals surface area contributed by atoms with Gasteiger partial charge in [-0.05, 0) is 24.3 Å². The number of amides is 1. The number of β-amino-alcohol motifs (C(OH)–C–C–N with tert-alkyl or cyclic N) is 1. The van der Waals surface area contributed by atoms with Gasteiger partial charge in [-0.1, -0.05) is 0 Å². The van der Waals surface area contributed by atoms with Crippen molar-refractivity contribution in [1.29, 1.82) is 5.26 Å². The molecule has 1 aliphatic rings. The zero-order chi connectivity index (χ0) is 15.2. The van der Waals surface area contributed by atoms with E-state index in [2.05, 4.69) is 0 Å². The summed E-state index contributed by atoms with van der Waals surface area (Å²) in [7, 11) is 1.78. The van der Waals surface area contributed by atoms with Crippen LogP contribution in [0.5, 0.6) is 5.75 Å². The van der Waals surface area contributed by atoms with Crippen LogP contribution >= 0.6 is 0 Å². The van der Waals surface area contributed by atoms with Crippen LogP contribution in [-0.4, -0.2) is 66.8 Å². The van der Waals surface area contributed by atoms with E-state index in [1.807, 2.05) is 11.0 Å². The molecule has 1 unspecified atom stereocenters. The molecule has 2 rings (SSSR count). The van der Waals surface area contributed by atoms with Gasteiger partial charge in [-0.2, -0.15) is 5.26 Å². The number of hydrogen-bond donors (Lipinski definition) is 1. The van der Waals surface area contributed by atoms with Crippen LogP contribution < -0.4 is 4.74 Å². The number of piperazine rings is 1. The van der Waals surface area contributed by atoms with Crippen LogP contribution in [0.3, 0.4) is 0 Å². The highest BCUT2D eigenvalue weighted by molar-refractivity contribution is 5.78. The lowest BCUT2D eigenvalue weighted by Crippen LogP contribution is -2.51. The second kappa shape index (κ2) is 7.07. The Morgan fingerprint density at radius 3 is 2.71 bits per heavy atom. The van der Waals surface area contributed by atoms with Crippen LogP contribution in [0.2, 0.25) is 0 Å². The molecule has 1 heterocycles. The van der Waals surface area contributed by atoms with E-state index in [1.54, 1.807) is 36.2 Å². The molecule has 0 aliphatic carbocycles. The molecule has 1 aromatic rings. The summed E-state index contributed by atoms with van der Waals surface area (Å²) in [6.07, 6.45) is -0.656. The van der Waals surface area contributed by atoms with Gasteiger partial charge in [-0.25, -0.2) is 0 Å². The number of hydrogen-bond acceptors (Lipinski definition) is 5. The maximum absolute atomic E-state index is 11.6. The van der Waals surface area contributed by atoms with Crippen molar-refractivity contribution in [2.75, 3.05) is 39.8 Å². The third-order valence-electron chi connectivity index (χ3n) is 3.43. The van der Waals surface area contributed by atoms with Gasteiger partial charge >= 0.3 is 0 Å². The van der Waals surface area contributed by atoms with Gasteiger partial charge in [0, 0.05) is 26.7 Å². The first-order valence-corrected chi connectivity index (χ1v) is 6.86. The van der Waals surface area contributed by atoms with Gasteiger partial charge in [0.15, 0.2) is 0 Å². The van der Waals surface area contributed by atoms with E-state index >= 15 is 0 Å². The molecule has 6 nitrogen and oxygen atoms in total. The van der Waals surface area contributed by atoms with Crippen LogP contribution in [-0.2, 0) is 4.79 Å². The van der Waals surface area contributed by atoms with Crippen molar-refractivity contribution < 1.29 is 14.6 Å². The number of ether oxygens (including phenoxy) is 1. The predicted molar refractivity (Wildman–Crippen MR) is 76.7 cm³/mol. The van der Waals surface area contributed by atoms with Crippen molar-refractivity contribution in [3.63, 3.8) is 0 Å². The minimum atomic E-state index is -0.656. The molecule has 1 aliphatic heterocycles. The zero-order valence-corrected chi connectivity index (χ0v) is 12.0. The monoisotopic (exact) mass is 289 g/mol. The molecule has 1 amide bonds. The first-order chi connectivity index (χ1) is 10.1. The van der Waals surface area contributed by atoms with Gasteiger partial charge in [-0.15, -0.1) is 0 Å². The van der Waals surface area contributed by atoms with Gasteiger partial charge in [0.2, 0.25) is 5.91 Å². The Bertz CT molecular complexity index is 524. The van der Waals surface area contributed by atoms with Crippen molar-refractivity contribution in [2.45, 2.75) is 6.10 Å². The molecule has 112 valence electrons. The van der Waals surface area contributed by atoms with Gasteiger partial charge in [-0.3, -0.25) is 9.69 Å². The number of carbonyl (C=O) groups is 1. The highest BCUT2D eigenvalue weighted by atomic mass is 16.5. The lowest BCUT2D eigenvalue weighted by molar-refractivity contribution is -0.135. The van der Waals surface area contributed by atoms with Gasteiger partial charge in [0.25, 0.3) is 0 Å². The first-order valence-electron chi connectivity index (χ1n) is 6.86. The molecule has 0 bridgehead atoms. The molecule has 1 atom stereocenters. The topological polar surface area (TPSA) is 76.8 Å². The van der Waals surface area contributed by atoms with E-state index in [1.165, 1.54) is 0 Å². The first kappa shape index (κ1) is 15.3. The molecule has 1 fully saturated rings. The Morgan fingerprint density at radius 1 is 1.38 bits per heavy atom. The van der Waals surface area contributed by atoms with Crippen LogP contribution in [0.4, 0.5) is 0 Å². The molecule has 0 spiro atoms. The van der Waals surface area contributed by atoms with E-state index < -0.39 is 6.10 Å². The molecule has 1 saturated heterocycles. The second-order valence-corrected chi connectivity index (χ2v) is 5.15. The summed E-state index contributed by atoms with van der Waals surface area (Å²) in [5.41, 5.74) is 0.568. The maximum atomic E-state index is 11.6. The average molecular weight is 289 g/mol. The van der Waals surface area contributed by atoms with Crippen molar-refractivity contribution in [2.24, 2.45) is 0 Å². The molecule has 1 N–H and O–H groups in total. The Balaban J connectivity index is 1.75. The number of nitrogens with zero attached hydrogens (tertiary/aromatic N) is 3. The summed E-state index contributed by atoms with van der Waals surface area (Å²) in [5, 5.41) is 18.7. The van der Waals surface area contributed by atoms with Crippen molar-refractivity contribution >= 4 is 5.91 Å². The summed E-state index contributed by atoms with van der Waals surface area (Å²) in [6.45, 7) is 2.35. The fraction of sp³-hybridized carbons (Fsp3) is 0.467. The lowest BCUT2D eigenvalue weighted by atomic mass is 10.2.